The van der Waals surface area contributed by atoms with Gasteiger partial charge in [-0.05, 0) is 27.2 Å². The van der Waals surface area contributed by atoms with Crippen LogP contribution in [0.1, 0.15) is 43.1 Å². The maximum atomic E-state index is 11.7. The van der Waals surface area contributed by atoms with E-state index in [-0.39, 0.29) is 12.0 Å². The number of rotatable bonds is 4. The van der Waals surface area contributed by atoms with Crippen LogP contribution < -0.4 is 10.2 Å². The SMILES string of the molecule is CCc1nc(N2CC(NC(=O)OC(C)(C)C)C2)sc1C(=O)OC. The maximum Gasteiger partial charge on any atom is 0.407 e. The summed E-state index contributed by atoms with van der Waals surface area (Å²) in [6, 6.07) is 0.0282. The Morgan fingerprint density at radius 1 is 1.39 bits per heavy atom. The number of ether oxygens (including phenoxy) is 2. The van der Waals surface area contributed by atoms with Crippen molar-refractivity contribution in [1.29, 1.82) is 0 Å². The molecule has 0 spiro atoms. The van der Waals surface area contributed by atoms with Gasteiger partial charge in [0.15, 0.2) is 5.13 Å². The third kappa shape index (κ3) is 4.34. The molecule has 1 aliphatic rings. The van der Waals surface area contributed by atoms with Crippen molar-refractivity contribution in [2.24, 2.45) is 0 Å². The molecule has 0 bridgehead atoms. The average Bonchev–Trinajstić information content (AvgIpc) is 2.83. The molecule has 128 valence electrons. The van der Waals surface area contributed by atoms with Gasteiger partial charge in [-0.1, -0.05) is 18.3 Å². The van der Waals surface area contributed by atoms with Gasteiger partial charge in [0.1, 0.15) is 10.5 Å². The molecule has 0 aromatic carbocycles. The first kappa shape index (κ1) is 17.5. The lowest BCUT2D eigenvalue weighted by molar-refractivity contribution is 0.0495. The summed E-state index contributed by atoms with van der Waals surface area (Å²) in [4.78, 5) is 30.5. The van der Waals surface area contributed by atoms with Gasteiger partial charge < -0.3 is 19.7 Å². The average molecular weight is 341 g/mol. The first-order valence-corrected chi connectivity index (χ1v) is 8.37. The van der Waals surface area contributed by atoms with Gasteiger partial charge in [0, 0.05) is 13.1 Å². The number of hydrogen-bond donors (Lipinski definition) is 1. The molecule has 0 saturated carbocycles. The Morgan fingerprint density at radius 2 is 2.04 bits per heavy atom. The lowest BCUT2D eigenvalue weighted by atomic mass is 10.1. The van der Waals surface area contributed by atoms with Gasteiger partial charge in [-0.3, -0.25) is 0 Å². The normalized spacial score (nSPS) is 15.1. The number of nitrogens with one attached hydrogen (secondary N) is 1. The Morgan fingerprint density at radius 3 is 2.57 bits per heavy atom. The van der Waals surface area contributed by atoms with Gasteiger partial charge in [-0.2, -0.15) is 0 Å². The Hall–Kier alpha value is -1.83. The van der Waals surface area contributed by atoms with Crippen molar-refractivity contribution in [2.45, 2.75) is 45.8 Å². The van der Waals surface area contributed by atoms with Crippen LogP contribution in [-0.2, 0) is 15.9 Å². The number of methoxy groups -OCH3 is 1. The molecule has 2 rings (SSSR count). The van der Waals surface area contributed by atoms with Crippen LogP contribution in [0.15, 0.2) is 0 Å². The van der Waals surface area contributed by atoms with E-state index in [1.165, 1.54) is 18.4 Å². The van der Waals surface area contributed by atoms with Crippen molar-refractivity contribution in [2.75, 3.05) is 25.1 Å². The zero-order valence-electron chi connectivity index (χ0n) is 14.1. The number of carbonyl (C=O) groups is 2. The van der Waals surface area contributed by atoms with Crippen molar-refractivity contribution in [1.82, 2.24) is 10.3 Å². The molecule has 1 aromatic heterocycles. The minimum Gasteiger partial charge on any atom is -0.465 e. The van der Waals surface area contributed by atoms with Gasteiger partial charge in [-0.25, -0.2) is 14.6 Å². The van der Waals surface area contributed by atoms with Crippen molar-refractivity contribution in [3.63, 3.8) is 0 Å². The van der Waals surface area contributed by atoms with E-state index in [0.717, 1.165) is 10.8 Å². The Kier molecular flexibility index (Phi) is 5.13. The topological polar surface area (TPSA) is 80.8 Å². The lowest BCUT2D eigenvalue weighted by Crippen LogP contribution is -2.60. The molecule has 2 heterocycles. The number of amides is 1. The molecule has 1 aromatic rings. The summed E-state index contributed by atoms with van der Waals surface area (Å²) in [6.07, 6.45) is 0.264. The highest BCUT2D eigenvalue weighted by Crippen LogP contribution is 2.30. The molecule has 0 unspecified atom stereocenters. The molecule has 23 heavy (non-hydrogen) atoms. The van der Waals surface area contributed by atoms with Crippen LogP contribution in [0.25, 0.3) is 0 Å². The molecule has 1 saturated heterocycles. The molecular weight excluding hydrogens is 318 g/mol. The van der Waals surface area contributed by atoms with Crippen LogP contribution in [0.5, 0.6) is 0 Å². The van der Waals surface area contributed by atoms with E-state index in [1.807, 2.05) is 32.6 Å². The summed E-state index contributed by atoms with van der Waals surface area (Å²) in [6.45, 7) is 8.74. The summed E-state index contributed by atoms with van der Waals surface area (Å²) in [5.41, 5.74) is 0.245. The van der Waals surface area contributed by atoms with E-state index in [2.05, 4.69) is 10.3 Å². The molecule has 7 nitrogen and oxygen atoms in total. The molecule has 1 fully saturated rings. The smallest absolute Gasteiger partial charge is 0.407 e. The molecule has 1 amide bonds. The molecule has 0 atom stereocenters. The lowest BCUT2D eigenvalue weighted by Gasteiger charge is -2.39. The second kappa shape index (κ2) is 6.74. The molecule has 1 aliphatic heterocycles. The number of nitrogens with zero attached hydrogens (tertiary/aromatic N) is 2. The molecule has 0 aliphatic carbocycles. The van der Waals surface area contributed by atoms with Crippen LogP contribution >= 0.6 is 11.3 Å². The predicted molar refractivity (Wildman–Crippen MR) is 88.2 cm³/mol. The number of aryl methyl sites for hydroxylation is 1. The number of aromatic nitrogens is 1. The Labute approximate surface area is 140 Å². The number of anilines is 1. The zero-order valence-corrected chi connectivity index (χ0v) is 15.0. The first-order valence-electron chi connectivity index (χ1n) is 7.56. The minimum atomic E-state index is -0.506. The van der Waals surface area contributed by atoms with Gasteiger partial charge in [0.25, 0.3) is 0 Å². The van der Waals surface area contributed by atoms with Gasteiger partial charge in [-0.15, -0.1) is 0 Å². The van der Waals surface area contributed by atoms with Crippen molar-refractivity contribution < 1.29 is 19.1 Å². The standard InChI is InChI=1S/C15H23N3O4S/c1-6-10-11(12(19)21-5)23-13(17-10)18-7-9(8-18)16-14(20)22-15(2,3)4/h9H,6-8H2,1-5H3,(H,16,20). The van der Waals surface area contributed by atoms with E-state index in [9.17, 15) is 9.59 Å². The van der Waals surface area contributed by atoms with Crippen LogP contribution in [0, 0.1) is 0 Å². The van der Waals surface area contributed by atoms with Crippen molar-refractivity contribution >= 4 is 28.5 Å². The summed E-state index contributed by atoms with van der Waals surface area (Å²) in [5, 5.41) is 3.61. The zero-order chi connectivity index (χ0) is 17.2. The highest BCUT2D eigenvalue weighted by molar-refractivity contribution is 7.17. The number of hydrogen-bond acceptors (Lipinski definition) is 7. The number of thiazole rings is 1. The highest BCUT2D eigenvalue weighted by atomic mass is 32.1. The second-order valence-corrected chi connectivity index (χ2v) is 7.34. The third-order valence-corrected chi connectivity index (χ3v) is 4.40. The van der Waals surface area contributed by atoms with Crippen LogP contribution in [0.2, 0.25) is 0 Å². The van der Waals surface area contributed by atoms with Crippen LogP contribution in [-0.4, -0.2) is 48.9 Å². The summed E-state index contributed by atoms with van der Waals surface area (Å²) >= 11 is 1.33. The van der Waals surface area contributed by atoms with Gasteiger partial charge >= 0.3 is 12.1 Å². The van der Waals surface area contributed by atoms with Crippen LogP contribution in [0.3, 0.4) is 0 Å². The van der Waals surface area contributed by atoms with E-state index >= 15 is 0 Å². The third-order valence-electron chi connectivity index (χ3n) is 3.26. The monoisotopic (exact) mass is 341 g/mol. The van der Waals surface area contributed by atoms with Gasteiger partial charge in [0.05, 0.1) is 18.8 Å². The Balaban J connectivity index is 1.91. The molecular formula is C15H23N3O4S. The largest absolute Gasteiger partial charge is 0.465 e. The van der Waals surface area contributed by atoms with Crippen molar-refractivity contribution in [3.8, 4) is 0 Å². The number of esters is 1. The number of carbonyl (C=O) groups excluding carboxylic acids is 2. The summed E-state index contributed by atoms with van der Waals surface area (Å²) < 4.78 is 10.0. The summed E-state index contributed by atoms with van der Waals surface area (Å²) in [5.74, 6) is -0.352. The fourth-order valence-electron chi connectivity index (χ4n) is 2.17. The maximum absolute atomic E-state index is 11.7. The number of alkyl carbamates (subject to hydrolysis) is 1. The highest BCUT2D eigenvalue weighted by Gasteiger charge is 2.32. The Bertz CT molecular complexity index is 588. The molecule has 0 radical (unpaired) electrons. The van der Waals surface area contributed by atoms with Gasteiger partial charge in [0.2, 0.25) is 0 Å². The quantitative estimate of drug-likeness (QED) is 0.846. The second-order valence-electron chi connectivity index (χ2n) is 6.37. The minimum absolute atomic E-state index is 0.0282. The van der Waals surface area contributed by atoms with E-state index < -0.39 is 11.7 Å². The van der Waals surface area contributed by atoms with E-state index in [1.54, 1.807) is 0 Å². The van der Waals surface area contributed by atoms with E-state index in [0.29, 0.717) is 24.4 Å². The van der Waals surface area contributed by atoms with E-state index in [4.69, 9.17) is 9.47 Å². The summed E-state index contributed by atoms with van der Waals surface area (Å²) in [7, 11) is 1.37. The van der Waals surface area contributed by atoms with Crippen LogP contribution in [0.4, 0.5) is 9.93 Å². The molecule has 1 N–H and O–H groups in total. The van der Waals surface area contributed by atoms with Crippen molar-refractivity contribution in [3.05, 3.63) is 10.6 Å². The molecule has 8 heteroatoms. The fraction of sp³-hybridized carbons (Fsp3) is 0.667. The fourth-order valence-corrected chi connectivity index (χ4v) is 3.26. The first-order chi connectivity index (χ1) is 10.7. The predicted octanol–water partition coefficient (Wildman–Crippen LogP) is 2.21.